The first-order valence-electron chi connectivity index (χ1n) is 5.73. The predicted octanol–water partition coefficient (Wildman–Crippen LogP) is 2.12. The second-order valence-electron chi connectivity index (χ2n) is 3.76. The summed E-state index contributed by atoms with van der Waals surface area (Å²) in [5.41, 5.74) is 5.67. The molecule has 0 fully saturated rings. The molecule has 2 rings (SSSR count). The van der Waals surface area contributed by atoms with Gasteiger partial charge in [0.15, 0.2) is 0 Å². The van der Waals surface area contributed by atoms with Gasteiger partial charge in [-0.2, -0.15) is 9.97 Å². The number of aromatic nitrogens is 3. The van der Waals surface area contributed by atoms with Crippen LogP contribution in [-0.2, 0) is 0 Å². The van der Waals surface area contributed by atoms with Crippen LogP contribution < -0.4 is 16.4 Å². The summed E-state index contributed by atoms with van der Waals surface area (Å²) in [5, 5.41) is 9.33. The van der Waals surface area contributed by atoms with E-state index in [0.29, 0.717) is 5.82 Å². The minimum absolute atomic E-state index is 0.0915. The highest BCUT2D eigenvalue weighted by Crippen LogP contribution is 2.21. The van der Waals surface area contributed by atoms with Crippen molar-refractivity contribution in [3.05, 3.63) is 22.7 Å². The minimum Gasteiger partial charge on any atom is -0.370 e. The lowest BCUT2D eigenvalue weighted by Crippen LogP contribution is -2.10. The summed E-state index contributed by atoms with van der Waals surface area (Å²) < 4.78 is 0. The normalized spacial score (nSPS) is 12.1. The molecule has 0 aliphatic carbocycles. The molecule has 96 valence electrons. The molecule has 2 aromatic rings. The van der Waals surface area contributed by atoms with E-state index in [1.54, 1.807) is 17.5 Å². The van der Waals surface area contributed by atoms with Gasteiger partial charge in [0.2, 0.25) is 5.95 Å². The number of nitrogen functional groups attached to an aromatic ring is 1. The van der Waals surface area contributed by atoms with E-state index < -0.39 is 0 Å². The maximum atomic E-state index is 5.67. The summed E-state index contributed by atoms with van der Waals surface area (Å²) in [6.07, 6.45) is 1.79. The number of nitrogens with zero attached hydrogens (tertiary/aromatic N) is 3. The number of hydrogen-bond acceptors (Lipinski definition) is 7. The molecule has 0 saturated heterocycles. The molecule has 7 heteroatoms. The lowest BCUT2D eigenvalue weighted by Gasteiger charge is -2.13. The number of thiazole rings is 1. The van der Waals surface area contributed by atoms with Crippen molar-refractivity contribution in [3.63, 3.8) is 0 Å². The summed E-state index contributed by atoms with van der Waals surface area (Å²) in [7, 11) is 0. The van der Waals surface area contributed by atoms with Crippen LogP contribution in [0.15, 0.2) is 17.6 Å². The van der Waals surface area contributed by atoms with Gasteiger partial charge in [-0.05, 0) is 13.8 Å². The Morgan fingerprint density at radius 2 is 2.17 bits per heavy atom. The zero-order valence-electron chi connectivity index (χ0n) is 10.3. The highest BCUT2D eigenvalue weighted by molar-refractivity contribution is 7.09. The smallest absolute Gasteiger partial charge is 0.223 e. The summed E-state index contributed by atoms with van der Waals surface area (Å²) in [6, 6.07) is 1.93. The van der Waals surface area contributed by atoms with E-state index in [2.05, 4.69) is 25.6 Å². The van der Waals surface area contributed by atoms with E-state index in [4.69, 9.17) is 5.73 Å². The van der Waals surface area contributed by atoms with E-state index >= 15 is 0 Å². The van der Waals surface area contributed by atoms with E-state index in [1.807, 2.05) is 25.3 Å². The second-order valence-corrected chi connectivity index (χ2v) is 4.69. The van der Waals surface area contributed by atoms with Crippen molar-refractivity contribution in [1.29, 1.82) is 0 Å². The molecule has 0 aliphatic heterocycles. The molecule has 0 aliphatic rings. The van der Waals surface area contributed by atoms with Gasteiger partial charge in [0.1, 0.15) is 16.6 Å². The van der Waals surface area contributed by atoms with Crippen LogP contribution in [0.2, 0.25) is 0 Å². The van der Waals surface area contributed by atoms with Crippen LogP contribution in [0.5, 0.6) is 0 Å². The van der Waals surface area contributed by atoms with Gasteiger partial charge in [-0.15, -0.1) is 11.3 Å². The number of nitrogens with one attached hydrogen (secondary N) is 2. The van der Waals surface area contributed by atoms with Crippen molar-refractivity contribution in [1.82, 2.24) is 15.0 Å². The van der Waals surface area contributed by atoms with Gasteiger partial charge in [-0.1, -0.05) is 0 Å². The first-order chi connectivity index (χ1) is 8.69. The zero-order chi connectivity index (χ0) is 13.0. The van der Waals surface area contributed by atoms with Crippen molar-refractivity contribution in [2.75, 3.05) is 22.9 Å². The zero-order valence-corrected chi connectivity index (χ0v) is 11.2. The molecular formula is C11H16N6S. The van der Waals surface area contributed by atoms with Gasteiger partial charge < -0.3 is 16.4 Å². The van der Waals surface area contributed by atoms with Gasteiger partial charge in [-0.25, -0.2) is 4.98 Å². The number of anilines is 3. The maximum absolute atomic E-state index is 5.67. The Labute approximate surface area is 110 Å². The highest BCUT2D eigenvalue weighted by Gasteiger charge is 2.09. The molecule has 2 heterocycles. The molecular weight excluding hydrogens is 248 g/mol. The summed E-state index contributed by atoms with van der Waals surface area (Å²) in [6.45, 7) is 4.82. The van der Waals surface area contributed by atoms with Crippen LogP contribution >= 0.6 is 11.3 Å². The van der Waals surface area contributed by atoms with Crippen LogP contribution in [0.1, 0.15) is 24.9 Å². The molecule has 0 aromatic carbocycles. The summed E-state index contributed by atoms with van der Waals surface area (Å²) in [4.78, 5) is 12.5. The molecule has 0 radical (unpaired) electrons. The molecule has 18 heavy (non-hydrogen) atoms. The van der Waals surface area contributed by atoms with Crippen LogP contribution in [0, 0.1) is 0 Å². The molecule has 0 saturated carbocycles. The maximum Gasteiger partial charge on any atom is 0.223 e. The Kier molecular flexibility index (Phi) is 3.93. The molecule has 0 spiro atoms. The fourth-order valence-electron chi connectivity index (χ4n) is 1.54. The van der Waals surface area contributed by atoms with Gasteiger partial charge in [-0.3, -0.25) is 0 Å². The number of nitrogens with two attached hydrogens (primary N) is 1. The topological polar surface area (TPSA) is 88.8 Å². The van der Waals surface area contributed by atoms with Crippen molar-refractivity contribution in [3.8, 4) is 0 Å². The van der Waals surface area contributed by atoms with E-state index in [0.717, 1.165) is 17.4 Å². The van der Waals surface area contributed by atoms with E-state index in [9.17, 15) is 0 Å². The van der Waals surface area contributed by atoms with Gasteiger partial charge in [0.05, 0.1) is 6.04 Å². The Morgan fingerprint density at radius 1 is 1.39 bits per heavy atom. The highest BCUT2D eigenvalue weighted by atomic mass is 32.1. The number of rotatable bonds is 5. The predicted molar refractivity (Wildman–Crippen MR) is 74.8 cm³/mol. The monoisotopic (exact) mass is 264 g/mol. The molecule has 4 N–H and O–H groups in total. The second kappa shape index (κ2) is 5.63. The van der Waals surface area contributed by atoms with Crippen molar-refractivity contribution >= 4 is 28.9 Å². The third kappa shape index (κ3) is 3.07. The van der Waals surface area contributed by atoms with E-state index in [1.165, 1.54) is 0 Å². The summed E-state index contributed by atoms with van der Waals surface area (Å²) >= 11 is 1.61. The fourth-order valence-corrected chi connectivity index (χ4v) is 2.19. The average molecular weight is 264 g/mol. The van der Waals surface area contributed by atoms with Crippen LogP contribution in [0.3, 0.4) is 0 Å². The SMILES string of the molecule is CCNc1cc(NC(C)c2nccs2)nc(N)n1. The number of hydrogen-bond donors (Lipinski definition) is 3. The lowest BCUT2D eigenvalue weighted by molar-refractivity contribution is 0.859. The molecule has 6 nitrogen and oxygen atoms in total. The largest absolute Gasteiger partial charge is 0.370 e. The standard InChI is InChI=1S/C11H16N6S/c1-3-13-8-6-9(17-11(12)16-8)15-7(2)10-14-4-5-18-10/h4-7H,3H2,1-2H3,(H4,12,13,15,16,17). The van der Waals surface area contributed by atoms with Crippen LogP contribution in [0.25, 0.3) is 0 Å². The molecule has 0 amide bonds. The van der Waals surface area contributed by atoms with E-state index in [-0.39, 0.29) is 12.0 Å². The van der Waals surface area contributed by atoms with Crippen molar-refractivity contribution in [2.45, 2.75) is 19.9 Å². The van der Waals surface area contributed by atoms with Gasteiger partial charge in [0.25, 0.3) is 0 Å². The summed E-state index contributed by atoms with van der Waals surface area (Å²) in [5.74, 6) is 1.67. The van der Waals surface area contributed by atoms with Crippen molar-refractivity contribution in [2.24, 2.45) is 0 Å². The average Bonchev–Trinajstić information content (AvgIpc) is 2.81. The van der Waals surface area contributed by atoms with Gasteiger partial charge >= 0.3 is 0 Å². The molecule has 1 unspecified atom stereocenters. The van der Waals surface area contributed by atoms with Crippen molar-refractivity contribution < 1.29 is 0 Å². The molecule has 0 bridgehead atoms. The Hall–Kier alpha value is -1.89. The molecule has 2 aromatic heterocycles. The Bertz CT molecular complexity index is 498. The third-order valence-corrected chi connectivity index (χ3v) is 3.25. The first kappa shape index (κ1) is 12.6. The minimum atomic E-state index is 0.0915. The fraction of sp³-hybridized carbons (Fsp3) is 0.364. The van der Waals surface area contributed by atoms with Crippen LogP contribution in [0.4, 0.5) is 17.6 Å². The Balaban J connectivity index is 2.13. The third-order valence-electron chi connectivity index (χ3n) is 2.29. The lowest BCUT2D eigenvalue weighted by atomic mass is 10.3. The molecule has 1 atom stereocenters. The van der Waals surface area contributed by atoms with Gasteiger partial charge in [0, 0.05) is 24.2 Å². The quantitative estimate of drug-likeness (QED) is 0.766. The first-order valence-corrected chi connectivity index (χ1v) is 6.61. The Morgan fingerprint density at radius 3 is 2.83 bits per heavy atom. The van der Waals surface area contributed by atoms with Crippen LogP contribution in [-0.4, -0.2) is 21.5 Å².